The van der Waals surface area contributed by atoms with E-state index in [1.807, 2.05) is 37.3 Å². The van der Waals surface area contributed by atoms with Gasteiger partial charge < -0.3 is 20.9 Å². The Labute approximate surface area is 167 Å². The highest BCUT2D eigenvalue weighted by molar-refractivity contribution is 5.89. The van der Waals surface area contributed by atoms with E-state index in [0.29, 0.717) is 19.0 Å². The third kappa shape index (κ3) is 5.84. The molecule has 7 nitrogen and oxygen atoms in total. The third-order valence-electron chi connectivity index (χ3n) is 4.81. The minimum atomic E-state index is -0.214. The standard InChI is InChI=1S/C21H30N6O/c1-3-17-8-7-9-18(15-17)25-21(28)23-11-10-22-20-24-16(2)14-19(26-20)27-12-5-4-6-13-27/h7-9,14-15H,3-6,10-13H2,1-2H3,(H,22,24,26)(H2,23,25,28). The Morgan fingerprint density at radius 1 is 1.11 bits per heavy atom. The lowest BCUT2D eigenvalue weighted by Gasteiger charge is -2.28. The SMILES string of the molecule is CCc1cccc(NC(=O)NCCNc2nc(C)cc(N3CCCCC3)n2)c1. The van der Waals surface area contributed by atoms with Crippen LogP contribution in [0.4, 0.5) is 22.2 Å². The van der Waals surface area contributed by atoms with Crippen LogP contribution in [0.25, 0.3) is 0 Å². The second kappa shape index (κ2) is 9.92. The van der Waals surface area contributed by atoms with Crippen LogP contribution in [0.5, 0.6) is 0 Å². The number of hydrogen-bond donors (Lipinski definition) is 3. The number of rotatable bonds is 7. The lowest BCUT2D eigenvalue weighted by atomic mass is 10.1. The maximum atomic E-state index is 12.1. The monoisotopic (exact) mass is 382 g/mol. The molecule has 0 saturated carbocycles. The molecule has 0 aliphatic carbocycles. The minimum Gasteiger partial charge on any atom is -0.356 e. The summed E-state index contributed by atoms with van der Waals surface area (Å²) in [6.45, 7) is 7.22. The lowest BCUT2D eigenvalue weighted by molar-refractivity contribution is 0.252. The van der Waals surface area contributed by atoms with Crippen LogP contribution >= 0.6 is 0 Å². The zero-order valence-corrected chi connectivity index (χ0v) is 16.8. The van der Waals surface area contributed by atoms with Crippen LogP contribution in [-0.4, -0.2) is 42.2 Å². The van der Waals surface area contributed by atoms with E-state index >= 15 is 0 Å². The van der Waals surface area contributed by atoms with E-state index < -0.39 is 0 Å². The number of nitrogens with one attached hydrogen (secondary N) is 3. The molecule has 2 heterocycles. The molecular formula is C21H30N6O. The number of anilines is 3. The Morgan fingerprint density at radius 3 is 2.71 bits per heavy atom. The normalized spacial score (nSPS) is 13.9. The van der Waals surface area contributed by atoms with Crippen LogP contribution in [0, 0.1) is 6.92 Å². The molecule has 0 unspecified atom stereocenters. The molecule has 1 aromatic heterocycles. The van der Waals surface area contributed by atoms with Crippen LogP contribution < -0.4 is 20.9 Å². The lowest BCUT2D eigenvalue weighted by Crippen LogP contribution is -2.33. The summed E-state index contributed by atoms with van der Waals surface area (Å²) in [5.74, 6) is 1.59. The second-order valence-corrected chi connectivity index (χ2v) is 7.10. The molecule has 3 rings (SSSR count). The van der Waals surface area contributed by atoms with Crippen LogP contribution in [0.2, 0.25) is 0 Å². The number of carbonyl (C=O) groups excluding carboxylic acids is 1. The summed E-state index contributed by atoms with van der Waals surface area (Å²) in [5.41, 5.74) is 2.94. The summed E-state index contributed by atoms with van der Waals surface area (Å²) in [6, 6.07) is 9.69. The highest BCUT2D eigenvalue weighted by Crippen LogP contribution is 2.19. The summed E-state index contributed by atoms with van der Waals surface area (Å²) in [6.07, 6.45) is 4.66. The highest BCUT2D eigenvalue weighted by atomic mass is 16.2. The van der Waals surface area contributed by atoms with Gasteiger partial charge in [0.25, 0.3) is 0 Å². The van der Waals surface area contributed by atoms with E-state index in [1.165, 1.54) is 24.8 Å². The van der Waals surface area contributed by atoms with Crippen molar-refractivity contribution in [3.63, 3.8) is 0 Å². The van der Waals surface area contributed by atoms with Gasteiger partial charge in [-0.1, -0.05) is 19.1 Å². The molecule has 1 saturated heterocycles. The topological polar surface area (TPSA) is 82.2 Å². The summed E-state index contributed by atoms with van der Waals surface area (Å²) >= 11 is 0. The van der Waals surface area contributed by atoms with Crippen molar-refractivity contribution < 1.29 is 4.79 Å². The molecule has 150 valence electrons. The van der Waals surface area contributed by atoms with E-state index in [2.05, 4.69) is 37.7 Å². The average molecular weight is 383 g/mol. The molecular weight excluding hydrogens is 352 g/mol. The second-order valence-electron chi connectivity index (χ2n) is 7.10. The van der Waals surface area contributed by atoms with Gasteiger partial charge in [-0.3, -0.25) is 0 Å². The van der Waals surface area contributed by atoms with Crippen LogP contribution in [0.1, 0.15) is 37.4 Å². The Kier molecular flexibility index (Phi) is 7.06. The number of benzene rings is 1. The molecule has 2 amide bonds. The van der Waals surface area contributed by atoms with Gasteiger partial charge in [-0.15, -0.1) is 0 Å². The maximum Gasteiger partial charge on any atom is 0.319 e. The summed E-state index contributed by atoms with van der Waals surface area (Å²) in [7, 11) is 0. The number of amides is 2. The molecule has 2 aromatic rings. The molecule has 1 aliphatic rings. The Morgan fingerprint density at radius 2 is 1.93 bits per heavy atom. The first-order chi connectivity index (χ1) is 13.6. The van der Waals surface area contributed by atoms with Crippen molar-refractivity contribution in [1.29, 1.82) is 0 Å². The Balaban J connectivity index is 1.45. The minimum absolute atomic E-state index is 0.214. The van der Waals surface area contributed by atoms with Crippen LogP contribution in [0.15, 0.2) is 30.3 Å². The molecule has 1 fully saturated rings. The molecule has 0 atom stereocenters. The summed E-state index contributed by atoms with van der Waals surface area (Å²) in [4.78, 5) is 23.5. The fourth-order valence-corrected chi connectivity index (χ4v) is 3.31. The fraction of sp³-hybridized carbons (Fsp3) is 0.476. The molecule has 28 heavy (non-hydrogen) atoms. The van der Waals surface area contributed by atoms with Crippen molar-refractivity contribution in [3.05, 3.63) is 41.6 Å². The largest absolute Gasteiger partial charge is 0.356 e. The molecule has 3 N–H and O–H groups in total. The number of aryl methyl sites for hydroxylation is 2. The van der Waals surface area contributed by atoms with E-state index in [0.717, 1.165) is 36.7 Å². The first-order valence-electron chi connectivity index (χ1n) is 10.1. The van der Waals surface area contributed by atoms with Crippen LogP contribution in [-0.2, 0) is 6.42 Å². The zero-order valence-electron chi connectivity index (χ0n) is 16.8. The predicted octanol–water partition coefficient (Wildman–Crippen LogP) is 3.57. The number of nitrogens with zero attached hydrogens (tertiary/aromatic N) is 3. The molecule has 7 heteroatoms. The average Bonchev–Trinajstić information content (AvgIpc) is 2.71. The van der Waals surface area contributed by atoms with Gasteiger partial charge in [-0.2, -0.15) is 4.98 Å². The van der Waals surface area contributed by atoms with Gasteiger partial charge in [0.15, 0.2) is 0 Å². The van der Waals surface area contributed by atoms with Crippen molar-refractivity contribution in [2.45, 2.75) is 39.5 Å². The van der Waals surface area contributed by atoms with E-state index in [9.17, 15) is 4.79 Å². The predicted molar refractivity (Wildman–Crippen MR) is 114 cm³/mol. The van der Waals surface area contributed by atoms with Gasteiger partial charge in [-0.25, -0.2) is 9.78 Å². The Hall–Kier alpha value is -2.83. The number of hydrogen-bond acceptors (Lipinski definition) is 5. The number of urea groups is 1. The first kappa shape index (κ1) is 19.9. The smallest absolute Gasteiger partial charge is 0.319 e. The van der Waals surface area contributed by atoms with E-state index in [1.54, 1.807) is 0 Å². The molecule has 1 aliphatic heterocycles. The van der Waals surface area contributed by atoms with Crippen molar-refractivity contribution >= 4 is 23.5 Å². The third-order valence-corrected chi connectivity index (χ3v) is 4.81. The number of piperidine rings is 1. The van der Waals surface area contributed by atoms with Gasteiger partial charge in [-0.05, 0) is 50.3 Å². The highest BCUT2D eigenvalue weighted by Gasteiger charge is 2.13. The van der Waals surface area contributed by atoms with Crippen molar-refractivity contribution in [3.8, 4) is 0 Å². The van der Waals surface area contributed by atoms with Crippen molar-refractivity contribution in [2.24, 2.45) is 0 Å². The van der Waals surface area contributed by atoms with Crippen molar-refractivity contribution in [2.75, 3.05) is 41.7 Å². The van der Waals surface area contributed by atoms with Gasteiger partial charge in [0.2, 0.25) is 5.95 Å². The fourth-order valence-electron chi connectivity index (χ4n) is 3.31. The van der Waals surface area contributed by atoms with Crippen molar-refractivity contribution in [1.82, 2.24) is 15.3 Å². The maximum absolute atomic E-state index is 12.1. The first-order valence-corrected chi connectivity index (χ1v) is 10.1. The Bertz CT molecular complexity index is 788. The van der Waals surface area contributed by atoms with Gasteiger partial charge in [0.05, 0.1) is 0 Å². The zero-order chi connectivity index (χ0) is 19.8. The summed E-state index contributed by atoms with van der Waals surface area (Å²) < 4.78 is 0. The van der Waals surface area contributed by atoms with E-state index in [4.69, 9.17) is 0 Å². The number of aromatic nitrogens is 2. The molecule has 0 radical (unpaired) electrons. The molecule has 0 bridgehead atoms. The molecule has 1 aromatic carbocycles. The van der Waals surface area contributed by atoms with Gasteiger partial charge in [0, 0.05) is 43.6 Å². The number of carbonyl (C=O) groups is 1. The molecule has 0 spiro atoms. The van der Waals surface area contributed by atoms with Gasteiger partial charge in [0.1, 0.15) is 5.82 Å². The quantitative estimate of drug-likeness (QED) is 0.638. The summed E-state index contributed by atoms with van der Waals surface area (Å²) in [5, 5.41) is 8.92. The van der Waals surface area contributed by atoms with Crippen LogP contribution in [0.3, 0.4) is 0 Å². The van der Waals surface area contributed by atoms with E-state index in [-0.39, 0.29) is 6.03 Å². The van der Waals surface area contributed by atoms with Gasteiger partial charge >= 0.3 is 6.03 Å².